The van der Waals surface area contributed by atoms with Crippen LogP contribution < -0.4 is 16.4 Å². The fraction of sp³-hybridized carbons (Fsp3) is 0.833. The number of amides is 2. The van der Waals surface area contributed by atoms with Gasteiger partial charge in [-0.25, -0.2) is 0 Å². The number of nitrogens with two attached hydrogens (primary N) is 1. The SMILES string of the molecule is NCC(=O)NCCCC1(C(=O)NC2CC2)CC1. The van der Waals surface area contributed by atoms with Crippen LogP contribution in [-0.4, -0.2) is 30.9 Å². The highest BCUT2D eigenvalue weighted by atomic mass is 16.2. The van der Waals surface area contributed by atoms with Gasteiger partial charge in [-0.05, 0) is 38.5 Å². The van der Waals surface area contributed by atoms with Gasteiger partial charge in [0.05, 0.1) is 6.54 Å². The molecule has 0 saturated heterocycles. The lowest BCUT2D eigenvalue weighted by Gasteiger charge is -2.14. The molecular formula is C12H21N3O2. The molecule has 96 valence electrons. The molecule has 2 rings (SSSR count). The highest BCUT2D eigenvalue weighted by Gasteiger charge is 2.49. The normalized spacial score (nSPS) is 20.8. The molecule has 0 aromatic carbocycles. The number of rotatable bonds is 7. The Morgan fingerprint density at radius 3 is 2.53 bits per heavy atom. The number of nitrogens with one attached hydrogen (secondary N) is 2. The Hall–Kier alpha value is -1.10. The second-order valence-corrected chi connectivity index (χ2v) is 5.19. The quantitative estimate of drug-likeness (QED) is 0.542. The summed E-state index contributed by atoms with van der Waals surface area (Å²) in [6, 6.07) is 0.442. The maximum Gasteiger partial charge on any atom is 0.233 e. The topological polar surface area (TPSA) is 84.2 Å². The van der Waals surface area contributed by atoms with E-state index in [-0.39, 0.29) is 23.8 Å². The molecule has 0 aliphatic heterocycles. The zero-order valence-electron chi connectivity index (χ0n) is 10.1. The van der Waals surface area contributed by atoms with E-state index in [9.17, 15) is 9.59 Å². The van der Waals surface area contributed by atoms with Crippen LogP contribution in [0, 0.1) is 5.41 Å². The smallest absolute Gasteiger partial charge is 0.233 e. The molecule has 2 fully saturated rings. The Labute approximate surface area is 102 Å². The monoisotopic (exact) mass is 239 g/mol. The molecular weight excluding hydrogens is 218 g/mol. The van der Waals surface area contributed by atoms with Crippen molar-refractivity contribution < 1.29 is 9.59 Å². The van der Waals surface area contributed by atoms with Crippen molar-refractivity contribution in [3.05, 3.63) is 0 Å². The van der Waals surface area contributed by atoms with Gasteiger partial charge in [-0.1, -0.05) is 0 Å². The molecule has 0 unspecified atom stereocenters. The third-order valence-corrected chi connectivity index (χ3v) is 3.59. The second kappa shape index (κ2) is 5.04. The lowest BCUT2D eigenvalue weighted by molar-refractivity contribution is -0.126. The van der Waals surface area contributed by atoms with Crippen LogP contribution in [0.15, 0.2) is 0 Å². The molecule has 0 spiro atoms. The van der Waals surface area contributed by atoms with Gasteiger partial charge in [0.1, 0.15) is 0 Å². The first kappa shape index (κ1) is 12.4. The molecule has 5 heteroatoms. The van der Waals surface area contributed by atoms with Crippen LogP contribution >= 0.6 is 0 Å². The lowest BCUT2D eigenvalue weighted by atomic mass is 9.99. The first-order chi connectivity index (χ1) is 8.16. The molecule has 5 nitrogen and oxygen atoms in total. The summed E-state index contributed by atoms with van der Waals surface area (Å²) < 4.78 is 0. The van der Waals surface area contributed by atoms with E-state index in [2.05, 4.69) is 10.6 Å². The van der Waals surface area contributed by atoms with Crippen molar-refractivity contribution in [2.75, 3.05) is 13.1 Å². The Morgan fingerprint density at radius 1 is 1.29 bits per heavy atom. The predicted octanol–water partition coefficient (Wildman–Crippen LogP) is -0.0997. The van der Waals surface area contributed by atoms with Crippen LogP contribution in [0.3, 0.4) is 0 Å². The summed E-state index contributed by atoms with van der Waals surface area (Å²) in [4.78, 5) is 22.9. The van der Waals surface area contributed by atoms with Crippen molar-refractivity contribution in [2.24, 2.45) is 11.1 Å². The van der Waals surface area contributed by atoms with Gasteiger partial charge in [-0.3, -0.25) is 9.59 Å². The average Bonchev–Trinajstić information content (AvgIpc) is 3.18. The van der Waals surface area contributed by atoms with Gasteiger partial charge in [0, 0.05) is 18.0 Å². The van der Waals surface area contributed by atoms with Gasteiger partial charge < -0.3 is 16.4 Å². The zero-order chi connectivity index (χ0) is 12.3. The van der Waals surface area contributed by atoms with Crippen LogP contribution in [0.25, 0.3) is 0 Å². The Balaban J connectivity index is 1.63. The molecule has 2 aliphatic carbocycles. The molecule has 2 saturated carbocycles. The van der Waals surface area contributed by atoms with E-state index in [0.29, 0.717) is 12.6 Å². The largest absolute Gasteiger partial charge is 0.355 e. The van der Waals surface area contributed by atoms with E-state index in [0.717, 1.165) is 38.5 Å². The number of carbonyl (C=O) groups is 2. The summed E-state index contributed by atoms with van der Waals surface area (Å²) in [5.74, 6) is 0.0995. The lowest BCUT2D eigenvalue weighted by Crippen LogP contribution is -2.35. The molecule has 2 amide bonds. The second-order valence-electron chi connectivity index (χ2n) is 5.19. The molecule has 0 heterocycles. The summed E-state index contributed by atoms with van der Waals surface area (Å²) in [7, 11) is 0. The molecule has 0 aromatic rings. The van der Waals surface area contributed by atoms with Gasteiger partial charge in [-0.2, -0.15) is 0 Å². The standard InChI is InChI=1S/C12H21N3O2/c13-8-10(16)14-7-1-4-12(5-6-12)11(17)15-9-2-3-9/h9H,1-8,13H2,(H,14,16)(H,15,17). The van der Waals surface area contributed by atoms with Gasteiger partial charge in [0.25, 0.3) is 0 Å². The number of hydrogen-bond donors (Lipinski definition) is 3. The Bertz CT molecular complexity index is 309. The van der Waals surface area contributed by atoms with E-state index < -0.39 is 0 Å². The van der Waals surface area contributed by atoms with Crippen LogP contribution in [0.1, 0.15) is 38.5 Å². The van der Waals surface area contributed by atoms with Crippen molar-refractivity contribution in [3.63, 3.8) is 0 Å². The van der Waals surface area contributed by atoms with Crippen molar-refractivity contribution in [2.45, 2.75) is 44.6 Å². The highest BCUT2D eigenvalue weighted by Crippen LogP contribution is 2.50. The van der Waals surface area contributed by atoms with Crippen molar-refractivity contribution in [1.29, 1.82) is 0 Å². The van der Waals surface area contributed by atoms with Crippen molar-refractivity contribution in [3.8, 4) is 0 Å². The summed E-state index contributed by atoms with van der Waals surface area (Å²) in [5.41, 5.74) is 5.07. The predicted molar refractivity (Wildman–Crippen MR) is 64.1 cm³/mol. The number of hydrogen-bond acceptors (Lipinski definition) is 3. The zero-order valence-corrected chi connectivity index (χ0v) is 10.1. The summed E-state index contributed by atoms with van der Waals surface area (Å²) in [5, 5.41) is 5.80. The minimum absolute atomic E-state index is 0.0350. The molecule has 2 aliphatic rings. The third-order valence-electron chi connectivity index (χ3n) is 3.59. The first-order valence-electron chi connectivity index (χ1n) is 6.44. The van der Waals surface area contributed by atoms with Crippen LogP contribution in [0.4, 0.5) is 0 Å². The minimum Gasteiger partial charge on any atom is -0.355 e. The molecule has 17 heavy (non-hydrogen) atoms. The fourth-order valence-corrected chi connectivity index (χ4v) is 2.03. The molecule has 4 N–H and O–H groups in total. The summed E-state index contributed by atoms with van der Waals surface area (Å²) in [6.07, 6.45) is 5.98. The molecule has 0 atom stereocenters. The van der Waals surface area contributed by atoms with E-state index in [4.69, 9.17) is 5.73 Å². The first-order valence-corrected chi connectivity index (χ1v) is 6.44. The van der Waals surface area contributed by atoms with Gasteiger partial charge in [-0.15, -0.1) is 0 Å². The van der Waals surface area contributed by atoms with E-state index in [1.165, 1.54) is 0 Å². The van der Waals surface area contributed by atoms with Crippen LogP contribution in [0.5, 0.6) is 0 Å². The third kappa shape index (κ3) is 3.43. The van der Waals surface area contributed by atoms with Gasteiger partial charge in [0.15, 0.2) is 0 Å². The molecule has 0 aromatic heterocycles. The average molecular weight is 239 g/mol. The van der Waals surface area contributed by atoms with Crippen LogP contribution in [-0.2, 0) is 9.59 Å². The molecule has 0 bridgehead atoms. The van der Waals surface area contributed by atoms with Gasteiger partial charge in [0.2, 0.25) is 11.8 Å². The minimum atomic E-state index is -0.128. The van der Waals surface area contributed by atoms with E-state index >= 15 is 0 Å². The maximum absolute atomic E-state index is 11.9. The number of carbonyl (C=O) groups excluding carboxylic acids is 2. The van der Waals surface area contributed by atoms with Gasteiger partial charge >= 0.3 is 0 Å². The van der Waals surface area contributed by atoms with E-state index in [1.807, 2.05) is 0 Å². The van der Waals surface area contributed by atoms with E-state index in [1.54, 1.807) is 0 Å². The summed E-state index contributed by atoms with van der Waals surface area (Å²) >= 11 is 0. The van der Waals surface area contributed by atoms with Crippen molar-refractivity contribution >= 4 is 11.8 Å². The Morgan fingerprint density at radius 2 is 2.00 bits per heavy atom. The fourth-order valence-electron chi connectivity index (χ4n) is 2.03. The Kier molecular flexibility index (Phi) is 3.66. The molecule has 0 radical (unpaired) electrons. The highest BCUT2D eigenvalue weighted by molar-refractivity contribution is 5.85. The summed E-state index contributed by atoms with van der Waals surface area (Å²) in [6.45, 7) is 0.655. The van der Waals surface area contributed by atoms with Crippen LogP contribution in [0.2, 0.25) is 0 Å². The van der Waals surface area contributed by atoms with Crippen molar-refractivity contribution in [1.82, 2.24) is 10.6 Å². The maximum atomic E-state index is 11.9.